The molecule has 1 fully saturated rings. The maximum atomic E-state index is 5.96. The van der Waals surface area contributed by atoms with Crippen LogP contribution in [0.2, 0.25) is 0 Å². The number of piperidine rings is 1. The minimum atomic E-state index is 0.643. The van der Waals surface area contributed by atoms with Gasteiger partial charge in [0.1, 0.15) is 0 Å². The molecule has 14 heavy (non-hydrogen) atoms. The largest absolute Gasteiger partial charge is 0.370 e. The zero-order chi connectivity index (χ0) is 10.4. The molecule has 1 atom stereocenters. The van der Waals surface area contributed by atoms with E-state index in [0.717, 1.165) is 19.0 Å². The van der Waals surface area contributed by atoms with Crippen LogP contribution in [0.4, 0.5) is 0 Å². The number of guanidine groups is 1. The highest BCUT2D eigenvalue weighted by Gasteiger charge is 2.22. The Morgan fingerprint density at radius 2 is 2.21 bits per heavy atom. The summed E-state index contributed by atoms with van der Waals surface area (Å²) in [6, 6.07) is 0.643. The Hall–Kier alpha value is -0.730. The van der Waals surface area contributed by atoms with Crippen LogP contribution in [0.3, 0.4) is 0 Å². The first-order valence-corrected chi connectivity index (χ1v) is 5.86. The lowest BCUT2D eigenvalue weighted by Crippen LogP contribution is -2.47. The zero-order valence-corrected chi connectivity index (χ0v) is 9.50. The standard InChI is InChI=1S/C11H23N3/c1-3-7-10-8-5-6-9-14(10)11(12)13-4-2/h10H,3-9H2,1-2H3,(H2,12,13). The number of hydrogen-bond acceptors (Lipinski definition) is 1. The molecule has 2 N–H and O–H groups in total. The third-order valence-electron chi connectivity index (χ3n) is 2.86. The van der Waals surface area contributed by atoms with Gasteiger partial charge in [-0.3, -0.25) is 4.99 Å². The molecule has 0 aromatic carbocycles. The first-order valence-electron chi connectivity index (χ1n) is 5.86. The van der Waals surface area contributed by atoms with E-state index in [0.29, 0.717) is 6.04 Å². The Kier molecular flexibility index (Phi) is 4.77. The van der Waals surface area contributed by atoms with E-state index >= 15 is 0 Å². The van der Waals surface area contributed by atoms with Crippen molar-refractivity contribution in [1.29, 1.82) is 0 Å². The lowest BCUT2D eigenvalue weighted by Gasteiger charge is -2.36. The minimum Gasteiger partial charge on any atom is -0.370 e. The van der Waals surface area contributed by atoms with Gasteiger partial charge >= 0.3 is 0 Å². The van der Waals surface area contributed by atoms with Crippen LogP contribution >= 0.6 is 0 Å². The van der Waals surface area contributed by atoms with Crippen molar-refractivity contribution in [3.05, 3.63) is 0 Å². The quantitative estimate of drug-likeness (QED) is 0.555. The molecular formula is C11H23N3. The van der Waals surface area contributed by atoms with Crippen molar-refractivity contribution in [3.63, 3.8) is 0 Å². The molecule has 0 aromatic heterocycles. The monoisotopic (exact) mass is 197 g/mol. The molecule has 1 rings (SSSR count). The summed E-state index contributed by atoms with van der Waals surface area (Å²) in [6.45, 7) is 6.16. The Labute approximate surface area is 87.4 Å². The molecule has 0 aromatic rings. The van der Waals surface area contributed by atoms with E-state index in [-0.39, 0.29) is 0 Å². The van der Waals surface area contributed by atoms with Crippen molar-refractivity contribution < 1.29 is 0 Å². The van der Waals surface area contributed by atoms with Crippen LogP contribution in [0.1, 0.15) is 46.0 Å². The van der Waals surface area contributed by atoms with Gasteiger partial charge in [-0.2, -0.15) is 0 Å². The van der Waals surface area contributed by atoms with Crippen LogP contribution in [0, 0.1) is 0 Å². The number of nitrogens with zero attached hydrogens (tertiary/aromatic N) is 2. The molecular weight excluding hydrogens is 174 g/mol. The number of rotatable bonds is 3. The molecule has 1 aliphatic heterocycles. The molecule has 0 spiro atoms. The van der Waals surface area contributed by atoms with Gasteiger partial charge in [-0.1, -0.05) is 13.3 Å². The highest BCUT2D eigenvalue weighted by Crippen LogP contribution is 2.20. The molecule has 1 saturated heterocycles. The highest BCUT2D eigenvalue weighted by molar-refractivity contribution is 5.78. The molecule has 0 bridgehead atoms. The molecule has 82 valence electrons. The summed E-state index contributed by atoms with van der Waals surface area (Å²) in [7, 11) is 0. The van der Waals surface area contributed by atoms with E-state index in [2.05, 4.69) is 16.8 Å². The molecule has 3 nitrogen and oxygen atoms in total. The van der Waals surface area contributed by atoms with Crippen molar-refractivity contribution in [1.82, 2.24) is 4.90 Å². The highest BCUT2D eigenvalue weighted by atomic mass is 15.3. The van der Waals surface area contributed by atoms with E-state index in [4.69, 9.17) is 5.73 Å². The molecule has 1 aliphatic rings. The van der Waals surface area contributed by atoms with E-state index < -0.39 is 0 Å². The first kappa shape index (κ1) is 11.3. The van der Waals surface area contributed by atoms with Crippen molar-refractivity contribution in [2.24, 2.45) is 10.7 Å². The molecule has 0 amide bonds. The van der Waals surface area contributed by atoms with Gasteiger partial charge in [0.05, 0.1) is 0 Å². The average molecular weight is 197 g/mol. The summed E-state index contributed by atoms with van der Waals surface area (Å²) in [6.07, 6.45) is 6.38. The molecule has 0 aliphatic carbocycles. The summed E-state index contributed by atoms with van der Waals surface area (Å²) >= 11 is 0. The van der Waals surface area contributed by atoms with E-state index in [1.165, 1.54) is 32.1 Å². The van der Waals surface area contributed by atoms with Gasteiger partial charge in [0, 0.05) is 19.1 Å². The zero-order valence-electron chi connectivity index (χ0n) is 9.50. The maximum Gasteiger partial charge on any atom is 0.191 e. The molecule has 1 unspecified atom stereocenters. The number of aliphatic imine (C=N–C) groups is 1. The van der Waals surface area contributed by atoms with Crippen LogP contribution < -0.4 is 5.73 Å². The lowest BCUT2D eigenvalue weighted by atomic mass is 9.99. The third kappa shape index (κ3) is 2.89. The van der Waals surface area contributed by atoms with Crippen LogP contribution in [-0.4, -0.2) is 30.0 Å². The van der Waals surface area contributed by atoms with E-state index in [1.54, 1.807) is 0 Å². The minimum absolute atomic E-state index is 0.643. The maximum absolute atomic E-state index is 5.96. The lowest BCUT2D eigenvalue weighted by molar-refractivity contribution is 0.226. The van der Waals surface area contributed by atoms with Gasteiger partial charge in [0.2, 0.25) is 0 Å². The van der Waals surface area contributed by atoms with Crippen LogP contribution in [-0.2, 0) is 0 Å². The van der Waals surface area contributed by atoms with Crippen molar-refractivity contribution in [2.45, 2.75) is 52.0 Å². The fourth-order valence-corrected chi connectivity index (χ4v) is 2.19. The molecule has 1 heterocycles. The second-order valence-electron chi connectivity index (χ2n) is 3.96. The van der Waals surface area contributed by atoms with Gasteiger partial charge in [-0.15, -0.1) is 0 Å². The Morgan fingerprint density at radius 1 is 1.43 bits per heavy atom. The number of hydrogen-bond donors (Lipinski definition) is 1. The van der Waals surface area contributed by atoms with E-state index in [1.807, 2.05) is 6.92 Å². The second kappa shape index (κ2) is 5.89. The Morgan fingerprint density at radius 3 is 2.86 bits per heavy atom. The second-order valence-corrected chi connectivity index (χ2v) is 3.96. The van der Waals surface area contributed by atoms with Gasteiger partial charge in [-0.05, 0) is 32.6 Å². The predicted molar refractivity (Wildman–Crippen MR) is 61.4 cm³/mol. The Bertz CT molecular complexity index is 187. The summed E-state index contributed by atoms with van der Waals surface area (Å²) in [4.78, 5) is 6.60. The summed E-state index contributed by atoms with van der Waals surface area (Å²) < 4.78 is 0. The normalized spacial score (nSPS) is 24.0. The smallest absolute Gasteiger partial charge is 0.191 e. The van der Waals surface area contributed by atoms with Crippen LogP contribution in [0.15, 0.2) is 4.99 Å². The average Bonchev–Trinajstić information content (AvgIpc) is 2.19. The summed E-state index contributed by atoms with van der Waals surface area (Å²) in [5.74, 6) is 0.755. The topological polar surface area (TPSA) is 41.6 Å². The van der Waals surface area contributed by atoms with Crippen molar-refractivity contribution >= 4 is 5.96 Å². The van der Waals surface area contributed by atoms with Crippen LogP contribution in [0.25, 0.3) is 0 Å². The fraction of sp³-hybridized carbons (Fsp3) is 0.909. The van der Waals surface area contributed by atoms with Crippen molar-refractivity contribution in [3.8, 4) is 0 Å². The third-order valence-corrected chi connectivity index (χ3v) is 2.86. The van der Waals surface area contributed by atoms with Crippen molar-refractivity contribution in [2.75, 3.05) is 13.1 Å². The number of likely N-dealkylation sites (tertiary alicyclic amines) is 1. The fourth-order valence-electron chi connectivity index (χ4n) is 2.19. The first-order chi connectivity index (χ1) is 6.79. The van der Waals surface area contributed by atoms with Gasteiger partial charge in [0.15, 0.2) is 5.96 Å². The molecule has 0 radical (unpaired) electrons. The van der Waals surface area contributed by atoms with Gasteiger partial charge in [0.25, 0.3) is 0 Å². The molecule has 0 saturated carbocycles. The number of nitrogens with two attached hydrogens (primary N) is 1. The van der Waals surface area contributed by atoms with Gasteiger partial charge < -0.3 is 10.6 Å². The summed E-state index contributed by atoms with van der Waals surface area (Å²) in [5.41, 5.74) is 5.96. The Balaban J connectivity index is 2.57. The predicted octanol–water partition coefficient (Wildman–Crippen LogP) is 1.98. The van der Waals surface area contributed by atoms with Crippen LogP contribution in [0.5, 0.6) is 0 Å². The SMILES string of the molecule is CCCC1CCCCN1C(N)=NCC. The van der Waals surface area contributed by atoms with Gasteiger partial charge in [-0.25, -0.2) is 0 Å². The molecule has 3 heteroatoms. The van der Waals surface area contributed by atoms with E-state index in [9.17, 15) is 0 Å². The summed E-state index contributed by atoms with van der Waals surface area (Å²) in [5, 5.41) is 0.